The Hall–Kier alpha value is -1.24. The van der Waals surface area contributed by atoms with Gasteiger partial charge in [-0.15, -0.1) is 0 Å². The molecule has 1 aliphatic heterocycles. The summed E-state index contributed by atoms with van der Waals surface area (Å²) in [4.78, 5) is 4.40. The van der Waals surface area contributed by atoms with Gasteiger partial charge in [-0.1, -0.05) is 21.1 Å². The van der Waals surface area contributed by atoms with Crippen LogP contribution < -0.4 is 5.32 Å². The Balaban J connectivity index is 1.93. The summed E-state index contributed by atoms with van der Waals surface area (Å²) in [6, 6.07) is 5.89. The number of benzene rings is 1. The summed E-state index contributed by atoms with van der Waals surface area (Å²) in [5.74, 6) is 0.841. The van der Waals surface area contributed by atoms with Crippen molar-refractivity contribution in [2.75, 3.05) is 13.1 Å². The molecule has 2 heterocycles. The lowest BCUT2D eigenvalue weighted by Crippen LogP contribution is -2.39. The van der Waals surface area contributed by atoms with E-state index >= 15 is 0 Å². The topological polar surface area (TPSA) is 71.2 Å². The lowest BCUT2D eigenvalue weighted by atomic mass is 9.92. The van der Waals surface area contributed by atoms with E-state index in [0.29, 0.717) is 24.6 Å². The molecule has 20 heavy (non-hydrogen) atoms. The first-order valence-electron chi connectivity index (χ1n) is 6.62. The van der Waals surface area contributed by atoms with Crippen LogP contribution in [0.15, 0.2) is 27.2 Å². The van der Waals surface area contributed by atoms with Gasteiger partial charge in [0.1, 0.15) is 5.60 Å². The first kappa shape index (κ1) is 13.7. The summed E-state index contributed by atoms with van der Waals surface area (Å²) in [6.07, 6.45) is 1.18. The van der Waals surface area contributed by atoms with Crippen molar-refractivity contribution in [2.24, 2.45) is 0 Å². The minimum Gasteiger partial charge on any atom is -0.380 e. The SMILES string of the molecule is Cc1cc(Br)ccc1-c1noc(C2(O)CCNCC2)n1. The van der Waals surface area contributed by atoms with E-state index in [2.05, 4.69) is 31.4 Å². The molecule has 1 aromatic carbocycles. The van der Waals surface area contributed by atoms with Crippen LogP contribution in [0.1, 0.15) is 24.3 Å². The number of aryl methyl sites for hydroxylation is 1. The Morgan fingerprint density at radius 1 is 1.35 bits per heavy atom. The third-order valence-corrected chi connectivity index (χ3v) is 4.18. The molecule has 0 saturated carbocycles. The summed E-state index contributed by atoms with van der Waals surface area (Å²) in [7, 11) is 0. The molecule has 0 atom stereocenters. The fraction of sp³-hybridized carbons (Fsp3) is 0.429. The molecular formula is C14H16BrN3O2. The van der Waals surface area contributed by atoms with Crippen LogP contribution in [0.4, 0.5) is 0 Å². The maximum absolute atomic E-state index is 10.6. The summed E-state index contributed by atoms with van der Waals surface area (Å²) in [5, 5.41) is 17.8. The fourth-order valence-corrected chi connectivity index (χ4v) is 2.93. The van der Waals surface area contributed by atoms with Crippen LogP contribution >= 0.6 is 15.9 Å². The van der Waals surface area contributed by atoms with Gasteiger partial charge in [0, 0.05) is 10.0 Å². The second-order valence-corrected chi connectivity index (χ2v) is 6.08. The van der Waals surface area contributed by atoms with Gasteiger partial charge in [-0.25, -0.2) is 0 Å². The molecule has 6 heteroatoms. The maximum atomic E-state index is 10.6. The van der Waals surface area contributed by atoms with E-state index in [9.17, 15) is 5.11 Å². The Morgan fingerprint density at radius 2 is 2.10 bits per heavy atom. The van der Waals surface area contributed by atoms with Crippen molar-refractivity contribution >= 4 is 15.9 Å². The predicted octanol–water partition coefficient (Wildman–Crippen LogP) is 2.38. The van der Waals surface area contributed by atoms with Gasteiger partial charge >= 0.3 is 0 Å². The number of hydrogen-bond acceptors (Lipinski definition) is 5. The van der Waals surface area contributed by atoms with Crippen LogP contribution in [0.5, 0.6) is 0 Å². The predicted molar refractivity (Wildman–Crippen MR) is 78.2 cm³/mol. The van der Waals surface area contributed by atoms with Crippen molar-refractivity contribution in [1.82, 2.24) is 15.5 Å². The zero-order valence-electron chi connectivity index (χ0n) is 11.2. The van der Waals surface area contributed by atoms with Gasteiger partial charge in [-0.2, -0.15) is 4.98 Å². The lowest BCUT2D eigenvalue weighted by Gasteiger charge is -2.28. The van der Waals surface area contributed by atoms with E-state index < -0.39 is 5.60 Å². The van der Waals surface area contributed by atoms with E-state index in [0.717, 1.165) is 28.7 Å². The second kappa shape index (κ2) is 5.27. The highest BCUT2D eigenvalue weighted by atomic mass is 79.9. The van der Waals surface area contributed by atoms with Gasteiger partial charge in [-0.05, 0) is 56.6 Å². The first-order chi connectivity index (χ1) is 9.58. The molecule has 0 amide bonds. The Morgan fingerprint density at radius 3 is 2.80 bits per heavy atom. The highest BCUT2D eigenvalue weighted by Crippen LogP contribution is 2.31. The molecule has 0 radical (unpaired) electrons. The van der Waals surface area contributed by atoms with E-state index in [-0.39, 0.29) is 0 Å². The van der Waals surface area contributed by atoms with Crippen LogP contribution in [0.3, 0.4) is 0 Å². The van der Waals surface area contributed by atoms with Crippen molar-refractivity contribution in [3.05, 3.63) is 34.1 Å². The Kier molecular flexibility index (Phi) is 3.62. The minimum absolute atomic E-state index is 0.316. The molecular weight excluding hydrogens is 322 g/mol. The third kappa shape index (κ3) is 2.51. The molecule has 5 nitrogen and oxygen atoms in total. The molecule has 2 aromatic rings. The van der Waals surface area contributed by atoms with E-state index in [1.807, 2.05) is 25.1 Å². The molecule has 1 aromatic heterocycles. The minimum atomic E-state index is -1.00. The Labute approximate surface area is 125 Å². The van der Waals surface area contributed by atoms with Crippen LogP contribution in [0.2, 0.25) is 0 Å². The molecule has 0 unspecified atom stereocenters. The average molecular weight is 338 g/mol. The van der Waals surface area contributed by atoms with Gasteiger partial charge < -0.3 is 14.9 Å². The average Bonchev–Trinajstić information content (AvgIpc) is 2.90. The summed E-state index contributed by atoms with van der Waals surface area (Å²) in [6.45, 7) is 3.51. The number of hydrogen-bond donors (Lipinski definition) is 2. The van der Waals surface area contributed by atoms with Gasteiger partial charge in [-0.3, -0.25) is 0 Å². The summed E-state index contributed by atoms with van der Waals surface area (Å²) >= 11 is 3.43. The second-order valence-electron chi connectivity index (χ2n) is 5.16. The van der Waals surface area contributed by atoms with Gasteiger partial charge in [0.2, 0.25) is 5.82 Å². The highest BCUT2D eigenvalue weighted by Gasteiger charge is 2.37. The van der Waals surface area contributed by atoms with Crippen LogP contribution in [-0.4, -0.2) is 28.3 Å². The number of nitrogens with zero attached hydrogens (tertiary/aromatic N) is 2. The number of nitrogens with one attached hydrogen (secondary N) is 1. The van der Waals surface area contributed by atoms with Crippen molar-refractivity contribution in [3.63, 3.8) is 0 Å². The van der Waals surface area contributed by atoms with Crippen LogP contribution in [0, 0.1) is 6.92 Å². The standard InChI is InChI=1S/C14H16BrN3O2/c1-9-8-10(15)2-3-11(9)12-17-13(20-18-12)14(19)4-6-16-7-5-14/h2-3,8,16,19H,4-7H2,1H3. The fourth-order valence-electron chi connectivity index (χ4n) is 2.45. The zero-order chi connectivity index (χ0) is 14.2. The first-order valence-corrected chi connectivity index (χ1v) is 7.42. The monoisotopic (exact) mass is 337 g/mol. The summed E-state index contributed by atoms with van der Waals surface area (Å²) < 4.78 is 6.31. The van der Waals surface area contributed by atoms with E-state index in [1.54, 1.807) is 0 Å². The van der Waals surface area contributed by atoms with E-state index in [1.165, 1.54) is 0 Å². The van der Waals surface area contributed by atoms with Crippen molar-refractivity contribution in [2.45, 2.75) is 25.4 Å². The number of aromatic nitrogens is 2. The highest BCUT2D eigenvalue weighted by molar-refractivity contribution is 9.10. The molecule has 0 spiro atoms. The molecule has 3 rings (SSSR count). The lowest BCUT2D eigenvalue weighted by molar-refractivity contribution is -0.0228. The number of halogens is 1. The molecule has 0 aliphatic carbocycles. The number of piperidine rings is 1. The molecule has 106 valence electrons. The van der Waals surface area contributed by atoms with Gasteiger partial charge in [0.05, 0.1) is 0 Å². The smallest absolute Gasteiger partial charge is 0.259 e. The molecule has 2 N–H and O–H groups in total. The van der Waals surface area contributed by atoms with Gasteiger partial charge in [0.15, 0.2) is 0 Å². The normalized spacial score (nSPS) is 18.1. The molecule has 1 fully saturated rings. The zero-order valence-corrected chi connectivity index (χ0v) is 12.8. The van der Waals surface area contributed by atoms with Crippen molar-refractivity contribution in [3.8, 4) is 11.4 Å². The van der Waals surface area contributed by atoms with Crippen molar-refractivity contribution < 1.29 is 9.63 Å². The number of rotatable bonds is 2. The van der Waals surface area contributed by atoms with E-state index in [4.69, 9.17) is 4.52 Å². The molecule has 1 saturated heterocycles. The van der Waals surface area contributed by atoms with Gasteiger partial charge in [0.25, 0.3) is 5.89 Å². The van der Waals surface area contributed by atoms with Crippen LogP contribution in [0.25, 0.3) is 11.4 Å². The summed E-state index contributed by atoms with van der Waals surface area (Å²) in [5.41, 5.74) is 0.976. The quantitative estimate of drug-likeness (QED) is 0.880. The van der Waals surface area contributed by atoms with Crippen molar-refractivity contribution in [1.29, 1.82) is 0 Å². The molecule has 0 bridgehead atoms. The number of aliphatic hydroxyl groups is 1. The van der Waals surface area contributed by atoms with Crippen LogP contribution in [-0.2, 0) is 5.60 Å². The molecule has 1 aliphatic rings. The Bertz CT molecular complexity index is 621. The largest absolute Gasteiger partial charge is 0.380 e. The maximum Gasteiger partial charge on any atom is 0.259 e. The third-order valence-electron chi connectivity index (χ3n) is 3.68.